The van der Waals surface area contributed by atoms with Crippen LogP contribution in [0.3, 0.4) is 0 Å². The third kappa shape index (κ3) is 3.21. The average molecular weight is 348 g/mol. The molecule has 1 saturated heterocycles. The molecule has 0 bridgehead atoms. The van der Waals surface area contributed by atoms with Gasteiger partial charge >= 0.3 is 0 Å². The Morgan fingerprint density at radius 1 is 1.04 bits per heavy atom. The highest BCUT2D eigenvalue weighted by molar-refractivity contribution is 5.87. The first-order chi connectivity index (χ1) is 12.6. The Hall–Kier alpha value is -2.69. The molecule has 26 heavy (non-hydrogen) atoms. The summed E-state index contributed by atoms with van der Waals surface area (Å²) in [5.74, 6) is 1.18. The number of aryl methyl sites for hydroxylation is 1. The maximum absolute atomic E-state index is 12.5. The van der Waals surface area contributed by atoms with Gasteiger partial charge in [0.2, 0.25) is 5.91 Å². The normalized spacial score (nSPS) is 14.8. The highest BCUT2D eigenvalue weighted by Crippen LogP contribution is 2.25. The first kappa shape index (κ1) is 16.8. The predicted molar refractivity (Wildman–Crippen MR) is 103 cm³/mol. The van der Waals surface area contributed by atoms with Gasteiger partial charge in [0.05, 0.1) is 24.0 Å². The molecule has 3 heterocycles. The maximum Gasteiger partial charge on any atom is 0.228 e. The summed E-state index contributed by atoms with van der Waals surface area (Å²) in [6.45, 7) is 3.77. The summed E-state index contributed by atoms with van der Waals surface area (Å²) in [5, 5.41) is 2.19. The standard InChI is InChI=1S/C21H24N4O/c1-15-22-14-20(24(15)2)16-6-7-17-13-23-19(11-18(17)10-16)12-21(26)25-8-4-3-5-9-25/h6-7,10-11,13-14H,3-5,8-9,12H2,1-2H3. The molecule has 1 aliphatic rings. The van der Waals surface area contributed by atoms with Crippen molar-refractivity contribution in [1.82, 2.24) is 19.4 Å². The molecule has 0 radical (unpaired) electrons. The molecule has 1 aromatic carbocycles. The Labute approximate surface area is 153 Å². The van der Waals surface area contributed by atoms with Gasteiger partial charge in [-0.15, -0.1) is 0 Å². The van der Waals surface area contributed by atoms with Gasteiger partial charge in [-0.05, 0) is 43.7 Å². The van der Waals surface area contributed by atoms with Gasteiger partial charge in [0.15, 0.2) is 0 Å². The molecule has 134 valence electrons. The number of amides is 1. The lowest BCUT2D eigenvalue weighted by Crippen LogP contribution is -2.36. The van der Waals surface area contributed by atoms with E-state index in [1.807, 2.05) is 37.3 Å². The molecule has 5 heteroatoms. The lowest BCUT2D eigenvalue weighted by atomic mass is 10.0. The average Bonchev–Trinajstić information content (AvgIpc) is 3.00. The third-order valence-electron chi connectivity index (χ3n) is 5.34. The van der Waals surface area contributed by atoms with Gasteiger partial charge in [0.1, 0.15) is 5.82 Å². The second-order valence-electron chi connectivity index (χ2n) is 7.11. The van der Waals surface area contributed by atoms with Crippen molar-refractivity contribution in [1.29, 1.82) is 0 Å². The van der Waals surface area contributed by atoms with E-state index in [0.717, 1.165) is 59.5 Å². The predicted octanol–water partition coefficient (Wildman–Crippen LogP) is 3.50. The number of piperidine rings is 1. The minimum atomic E-state index is 0.190. The van der Waals surface area contributed by atoms with Crippen LogP contribution in [-0.4, -0.2) is 38.4 Å². The molecule has 0 saturated carbocycles. The van der Waals surface area contributed by atoms with Crippen LogP contribution >= 0.6 is 0 Å². The number of rotatable bonds is 3. The van der Waals surface area contributed by atoms with Crippen LogP contribution in [0.25, 0.3) is 22.0 Å². The van der Waals surface area contributed by atoms with Gasteiger partial charge in [0, 0.05) is 37.3 Å². The molecule has 0 spiro atoms. The second kappa shape index (κ2) is 6.90. The van der Waals surface area contributed by atoms with Crippen LogP contribution < -0.4 is 0 Å². The van der Waals surface area contributed by atoms with Crippen LogP contribution in [0, 0.1) is 6.92 Å². The fourth-order valence-electron chi connectivity index (χ4n) is 3.62. The highest BCUT2D eigenvalue weighted by Gasteiger charge is 2.17. The van der Waals surface area contributed by atoms with Gasteiger partial charge in [-0.3, -0.25) is 9.78 Å². The monoisotopic (exact) mass is 348 g/mol. The number of fused-ring (bicyclic) bond motifs is 1. The maximum atomic E-state index is 12.5. The Bertz CT molecular complexity index is 954. The van der Waals surface area contributed by atoms with Gasteiger partial charge in [-0.2, -0.15) is 0 Å². The van der Waals surface area contributed by atoms with E-state index in [1.165, 1.54) is 6.42 Å². The van der Waals surface area contributed by atoms with E-state index in [4.69, 9.17) is 0 Å². The molecule has 1 fully saturated rings. The van der Waals surface area contributed by atoms with Crippen LogP contribution in [0.2, 0.25) is 0 Å². The van der Waals surface area contributed by atoms with E-state index >= 15 is 0 Å². The van der Waals surface area contributed by atoms with Crippen molar-refractivity contribution in [2.75, 3.05) is 13.1 Å². The van der Waals surface area contributed by atoms with Crippen LogP contribution in [0.15, 0.2) is 36.7 Å². The van der Waals surface area contributed by atoms with Crippen molar-refractivity contribution in [3.63, 3.8) is 0 Å². The van der Waals surface area contributed by atoms with Crippen molar-refractivity contribution in [2.45, 2.75) is 32.6 Å². The van der Waals surface area contributed by atoms with E-state index in [2.05, 4.69) is 32.7 Å². The zero-order valence-electron chi connectivity index (χ0n) is 15.4. The van der Waals surface area contributed by atoms with Gasteiger partial charge in [-0.1, -0.05) is 12.1 Å². The molecule has 0 unspecified atom stereocenters. The summed E-state index contributed by atoms with van der Waals surface area (Å²) < 4.78 is 2.09. The fraction of sp³-hybridized carbons (Fsp3) is 0.381. The Morgan fingerprint density at radius 3 is 2.58 bits per heavy atom. The molecule has 2 aromatic heterocycles. The molecule has 0 N–H and O–H groups in total. The first-order valence-electron chi connectivity index (χ1n) is 9.27. The quantitative estimate of drug-likeness (QED) is 0.728. The molecule has 0 aliphatic carbocycles. The van der Waals surface area contributed by atoms with Crippen LogP contribution in [0.5, 0.6) is 0 Å². The molecule has 3 aromatic rings. The molecule has 0 atom stereocenters. The number of benzene rings is 1. The van der Waals surface area contributed by atoms with Crippen molar-refractivity contribution in [3.8, 4) is 11.3 Å². The third-order valence-corrected chi connectivity index (χ3v) is 5.34. The topological polar surface area (TPSA) is 51.0 Å². The first-order valence-corrected chi connectivity index (χ1v) is 9.27. The second-order valence-corrected chi connectivity index (χ2v) is 7.11. The number of carbonyl (C=O) groups is 1. The molecule has 5 nitrogen and oxygen atoms in total. The van der Waals surface area contributed by atoms with E-state index in [9.17, 15) is 4.79 Å². The Kier molecular flexibility index (Phi) is 4.45. The fourth-order valence-corrected chi connectivity index (χ4v) is 3.62. The number of nitrogens with zero attached hydrogens (tertiary/aromatic N) is 4. The van der Waals surface area contributed by atoms with E-state index in [0.29, 0.717) is 6.42 Å². The van der Waals surface area contributed by atoms with Crippen molar-refractivity contribution < 1.29 is 4.79 Å². The Morgan fingerprint density at radius 2 is 1.85 bits per heavy atom. The number of hydrogen-bond acceptors (Lipinski definition) is 3. The minimum Gasteiger partial charge on any atom is -0.342 e. The summed E-state index contributed by atoms with van der Waals surface area (Å²) in [7, 11) is 2.02. The minimum absolute atomic E-state index is 0.190. The van der Waals surface area contributed by atoms with Crippen molar-refractivity contribution in [3.05, 3.63) is 48.2 Å². The van der Waals surface area contributed by atoms with Gasteiger partial charge in [0.25, 0.3) is 0 Å². The zero-order valence-corrected chi connectivity index (χ0v) is 15.4. The summed E-state index contributed by atoms with van der Waals surface area (Å²) in [6.07, 6.45) is 7.61. The number of aromatic nitrogens is 3. The van der Waals surface area contributed by atoms with Crippen LogP contribution in [0.1, 0.15) is 30.8 Å². The smallest absolute Gasteiger partial charge is 0.228 e. The number of pyridine rings is 1. The van der Waals surface area contributed by atoms with Gasteiger partial charge < -0.3 is 9.47 Å². The zero-order chi connectivity index (χ0) is 18.1. The summed E-state index contributed by atoms with van der Waals surface area (Å²) in [4.78, 5) is 23.4. The van der Waals surface area contributed by atoms with Gasteiger partial charge in [-0.25, -0.2) is 4.98 Å². The summed E-state index contributed by atoms with van der Waals surface area (Å²) in [5.41, 5.74) is 3.05. The van der Waals surface area contributed by atoms with E-state index in [-0.39, 0.29) is 5.91 Å². The van der Waals surface area contributed by atoms with Crippen molar-refractivity contribution in [2.24, 2.45) is 7.05 Å². The number of carbonyl (C=O) groups excluding carboxylic acids is 1. The van der Waals surface area contributed by atoms with E-state index < -0.39 is 0 Å². The van der Waals surface area contributed by atoms with Crippen LogP contribution in [-0.2, 0) is 18.3 Å². The van der Waals surface area contributed by atoms with Crippen LogP contribution in [0.4, 0.5) is 0 Å². The number of likely N-dealkylation sites (tertiary alicyclic amines) is 1. The lowest BCUT2D eigenvalue weighted by molar-refractivity contribution is -0.131. The molecule has 1 aliphatic heterocycles. The largest absolute Gasteiger partial charge is 0.342 e. The highest BCUT2D eigenvalue weighted by atomic mass is 16.2. The SMILES string of the molecule is Cc1ncc(-c2ccc3cnc(CC(=O)N4CCCCC4)cc3c2)n1C. The summed E-state index contributed by atoms with van der Waals surface area (Å²) >= 11 is 0. The summed E-state index contributed by atoms with van der Waals surface area (Å²) in [6, 6.07) is 8.38. The number of imidazole rings is 1. The van der Waals surface area contributed by atoms with Crippen molar-refractivity contribution >= 4 is 16.7 Å². The molecule has 1 amide bonds. The number of hydrogen-bond donors (Lipinski definition) is 0. The molecular weight excluding hydrogens is 324 g/mol. The van der Waals surface area contributed by atoms with E-state index in [1.54, 1.807) is 0 Å². The Balaban J connectivity index is 1.61. The molecular formula is C21H24N4O. The lowest BCUT2D eigenvalue weighted by Gasteiger charge is -2.26. The molecule has 4 rings (SSSR count).